The van der Waals surface area contributed by atoms with Crippen molar-refractivity contribution in [1.29, 1.82) is 0 Å². The second kappa shape index (κ2) is 2.81. The van der Waals surface area contributed by atoms with Gasteiger partial charge in [0.25, 0.3) is 0 Å². The molecule has 0 fully saturated rings. The van der Waals surface area contributed by atoms with Crippen LogP contribution >= 0.6 is 0 Å². The summed E-state index contributed by atoms with van der Waals surface area (Å²) in [5.74, 6) is 0. The second-order valence-corrected chi connectivity index (χ2v) is 2.75. The fourth-order valence-electron chi connectivity index (χ4n) is 1.25. The Balaban J connectivity index is 2.55. The number of aryl methyl sites for hydroxylation is 1. The molecule has 2 heteroatoms. The summed E-state index contributed by atoms with van der Waals surface area (Å²) in [5, 5.41) is 0. The van der Waals surface area contributed by atoms with E-state index in [0.717, 1.165) is 0 Å². The molecule has 0 radical (unpaired) electrons. The molecule has 60 valence electrons. The Hall–Kier alpha value is -1.57. The largest absolute Gasteiger partial charge is 0.209 e. The summed E-state index contributed by atoms with van der Waals surface area (Å²) < 4.78 is 4.12. The molecule has 0 atom stereocenters. The molecule has 0 unspecified atom stereocenters. The highest BCUT2D eigenvalue weighted by Gasteiger charge is 2.03. The average molecular weight is 159 g/mol. The maximum absolute atomic E-state index is 2.08. The van der Waals surface area contributed by atoms with E-state index in [2.05, 4.69) is 17.7 Å². The SMILES string of the molecule is Cc1cccc[n+]1-n1cccc1. The van der Waals surface area contributed by atoms with Crippen LogP contribution in [0.15, 0.2) is 48.9 Å². The van der Waals surface area contributed by atoms with E-state index in [1.54, 1.807) is 0 Å². The maximum Gasteiger partial charge on any atom is 0.209 e. The molecule has 2 aromatic heterocycles. The molecule has 0 bridgehead atoms. The van der Waals surface area contributed by atoms with Crippen molar-refractivity contribution in [2.24, 2.45) is 0 Å². The zero-order valence-corrected chi connectivity index (χ0v) is 7.01. The molecule has 0 aliphatic heterocycles. The van der Waals surface area contributed by atoms with Crippen LogP contribution in [0.1, 0.15) is 5.69 Å². The molecule has 2 rings (SSSR count). The third-order valence-electron chi connectivity index (χ3n) is 1.87. The summed E-state index contributed by atoms with van der Waals surface area (Å²) in [7, 11) is 0. The first-order valence-corrected chi connectivity index (χ1v) is 3.99. The van der Waals surface area contributed by atoms with Crippen molar-refractivity contribution in [1.82, 2.24) is 4.68 Å². The molecule has 0 amide bonds. The van der Waals surface area contributed by atoms with Gasteiger partial charge in [-0.25, -0.2) is 0 Å². The lowest BCUT2D eigenvalue weighted by atomic mass is 10.4. The van der Waals surface area contributed by atoms with Crippen molar-refractivity contribution in [3.05, 3.63) is 54.6 Å². The molecule has 2 aromatic rings. The van der Waals surface area contributed by atoms with Crippen LogP contribution in [0.25, 0.3) is 0 Å². The van der Waals surface area contributed by atoms with E-state index < -0.39 is 0 Å². The minimum Gasteiger partial charge on any atom is -0.130 e. The van der Waals surface area contributed by atoms with Gasteiger partial charge in [-0.15, -0.1) is 4.68 Å². The van der Waals surface area contributed by atoms with E-state index in [4.69, 9.17) is 0 Å². The van der Waals surface area contributed by atoms with Crippen LogP contribution in [0.3, 0.4) is 0 Å². The van der Waals surface area contributed by atoms with Gasteiger partial charge in [0.15, 0.2) is 0 Å². The number of nitrogens with zero attached hydrogens (tertiary/aromatic N) is 2. The summed E-state index contributed by atoms with van der Waals surface area (Å²) in [6.45, 7) is 2.08. The van der Waals surface area contributed by atoms with Gasteiger partial charge in [0, 0.05) is 19.1 Å². The van der Waals surface area contributed by atoms with Crippen LogP contribution < -0.4 is 4.68 Å². The highest BCUT2D eigenvalue weighted by molar-refractivity contribution is 4.95. The van der Waals surface area contributed by atoms with Crippen molar-refractivity contribution in [3.63, 3.8) is 0 Å². The van der Waals surface area contributed by atoms with Crippen LogP contribution in [0.2, 0.25) is 0 Å². The van der Waals surface area contributed by atoms with Crippen molar-refractivity contribution in [3.8, 4) is 0 Å². The molecular formula is C10H11N2+. The van der Waals surface area contributed by atoms with E-state index in [1.165, 1.54) is 5.69 Å². The zero-order valence-electron chi connectivity index (χ0n) is 7.01. The van der Waals surface area contributed by atoms with E-state index in [1.807, 2.05) is 47.5 Å². The van der Waals surface area contributed by atoms with Gasteiger partial charge in [-0.05, 0) is 18.2 Å². The van der Waals surface area contributed by atoms with E-state index in [0.29, 0.717) is 0 Å². The van der Waals surface area contributed by atoms with Crippen LogP contribution in [0, 0.1) is 6.92 Å². The van der Waals surface area contributed by atoms with E-state index >= 15 is 0 Å². The Kier molecular flexibility index (Phi) is 1.67. The molecule has 0 N–H and O–H groups in total. The number of hydrogen-bond donors (Lipinski definition) is 0. The summed E-state index contributed by atoms with van der Waals surface area (Å²) in [4.78, 5) is 0. The molecule has 0 spiro atoms. The summed E-state index contributed by atoms with van der Waals surface area (Å²) in [6, 6.07) is 10.2. The molecule has 0 aliphatic carbocycles. The normalized spacial score (nSPS) is 10.1. The first-order chi connectivity index (χ1) is 5.88. The molecular weight excluding hydrogens is 148 g/mol. The highest BCUT2D eigenvalue weighted by atomic mass is 15.4. The lowest BCUT2D eigenvalue weighted by Crippen LogP contribution is -2.42. The number of rotatable bonds is 1. The first-order valence-electron chi connectivity index (χ1n) is 3.99. The summed E-state index contributed by atoms with van der Waals surface area (Å²) >= 11 is 0. The van der Waals surface area contributed by atoms with E-state index in [-0.39, 0.29) is 0 Å². The Morgan fingerprint density at radius 2 is 1.83 bits per heavy atom. The average Bonchev–Trinajstić information content (AvgIpc) is 2.57. The van der Waals surface area contributed by atoms with Crippen molar-refractivity contribution in [2.45, 2.75) is 6.92 Å². The Bertz CT molecular complexity index is 363. The fraction of sp³-hybridized carbons (Fsp3) is 0.100. The predicted octanol–water partition coefficient (Wildman–Crippen LogP) is 1.40. The van der Waals surface area contributed by atoms with Gasteiger partial charge < -0.3 is 0 Å². The number of aromatic nitrogens is 2. The van der Waals surface area contributed by atoms with Gasteiger partial charge in [-0.3, -0.25) is 0 Å². The second-order valence-electron chi connectivity index (χ2n) is 2.75. The zero-order chi connectivity index (χ0) is 8.39. The van der Waals surface area contributed by atoms with E-state index in [9.17, 15) is 0 Å². The smallest absolute Gasteiger partial charge is 0.130 e. The molecule has 12 heavy (non-hydrogen) atoms. The molecule has 0 saturated heterocycles. The molecule has 2 heterocycles. The Morgan fingerprint density at radius 1 is 1.08 bits per heavy atom. The van der Waals surface area contributed by atoms with Crippen molar-refractivity contribution < 1.29 is 4.68 Å². The minimum absolute atomic E-state index is 1.22. The standard InChI is InChI=1S/C10H11N2/c1-10-6-2-3-9-12(10)11-7-4-5-8-11/h2-9H,1H3/q+1. The van der Waals surface area contributed by atoms with Crippen LogP contribution in [0.4, 0.5) is 0 Å². The maximum atomic E-state index is 2.08. The number of pyridine rings is 1. The van der Waals surface area contributed by atoms with Crippen LogP contribution in [-0.4, -0.2) is 4.68 Å². The quantitative estimate of drug-likeness (QED) is 0.556. The van der Waals surface area contributed by atoms with Gasteiger partial charge in [-0.2, -0.15) is 0 Å². The lowest BCUT2D eigenvalue weighted by Gasteiger charge is -1.97. The summed E-state index contributed by atoms with van der Waals surface area (Å²) in [5.41, 5.74) is 1.22. The third kappa shape index (κ3) is 1.11. The van der Waals surface area contributed by atoms with Gasteiger partial charge in [0.2, 0.25) is 11.9 Å². The Morgan fingerprint density at radius 3 is 2.50 bits per heavy atom. The van der Waals surface area contributed by atoms with Gasteiger partial charge in [-0.1, -0.05) is 4.68 Å². The summed E-state index contributed by atoms with van der Waals surface area (Å²) in [6.07, 6.45) is 6.08. The fourth-order valence-corrected chi connectivity index (χ4v) is 1.25. The molecule has 0 saturated carbocycles. The van der Waals surface area contributed by atoms with Crippen LogP contribution in [0.5, 0.6) is 0 Å². The predicted molar refractivity (Wildman–Crippen MR) is 46.6 cm³/mol. The van der Waals surface area contributed by atoms with Crippen LogP contribution in [-0.2, 0) is 0 Å². The third-order valence-corrected chi connectivity index (χ3v) is 1.87. The molecule has 0 aliphatic rings. The van der Waals surface area contributed by atoms with Gasteiger partial charge in [0.1, 0.15) is 0 Å². The van der Waals surface area contributed by atoms with Crippen molar-refractivity contribution in [2.75, 3.05) is 0 Å². The highest BCUT2D eigenvalue weighted by Crippen LogP contribution is 1.90. The minimum atomic E-state index is 1.22. The molecule has 0 aromatic carbocycles. The van der Waals surface area contributed by atoms with Crippen molar-refractivity contribution >= 4 is 0 Å². The van der Waals surface area contributed by atoms with Gasteiger partial charge >= 0.3 is 0 Å². The lowest BCUT2D eigenvalue weighted by molar-refractivity contribution is -0.733. The monoisotopic (exact) mass is 159 g/mol. The topological polar surface area (TPSA) is 8.81 Å². The molecule has 2 nitrogen and oxygen atoms in total. The number of hydrogen-bond acceptors (Lipinski definition) is 0. The van der Waals surface area contributed by atoms with Gasteiger partial charge in [0.05, 0.1) is 12.4 Å². The first kappa shape index (κ1) is 7.10. The Labute approximate surface area is 71.7 Å².